The first-order chi connectivity index (χ1) is 72.4. The first-order valence-corrected chi connectivity index (χ1v) is 51.2. The van der Waals surface area contributed by atoms with Gasteiger partial charge in [0.2, 0.25) is 0 Å². The molecule has 0 radical (unpaired) electrons. The smallest absolute Gasteiger partial charge is 0.159 e. The van der Waals surface area contributed by atoms with Crippen molar-refractivity contribution in [3.05, 3.63) is 497 Å². The largest absolute Gasteiger partial charge is 0.454 e. The molecule has 0 atom stereocenters. The quantitative estimate of drug-likeness (QED) is 0.0894. The molecule has 0 spiro atoms. The lowest BCUT2D eigenvalue weighted by atomic mass is 9.96. The Morgan fingerprint density at radius 3 is 0.747 bits per heavy atom. The van der Waals surface area contributed by atoms with Gasteiger partial charge in [0.05, 0.1) is 75.7 Å². The van der Waals surface area contributed by atoms with Gasteiger partial charge in [0.25, 0.3) is 0 Å². The molecule has 6 aromatic heterocycles. The Labute approximate surface area is 846 Å². The van der Waals surface area contributed by atoms with Crippen LogP contribution in [-0.2, 0) is 0 Å². The van der Waals surface area contributed by atoms with Crippen molar-refractivity contribution in [3.8, 4) is 55.6 Å². The maximum atomic E-state index is 7.57. The van der Waals surface area contributed by atoms with Crippen LogP contribution in [0, 0.1) is 0 Å². The highest BCUT2D eigenvalue weighted by Gasteiger charge is 2.34. The summed E-state index contributed by atoms with van der Waals surface area (Å²) in [5, 5.41) is 22.0. The second-order valence-corrected chi connectivity index (χ2v) is 39.9. The third kappa shape index (κ3) is 13.1. The molecule has 10 heteroatoms. The normalized spacial score (nSPS) is 12.0. The van der Waals surface area contributed by atoms with Gasteiger partial charge in [-0.25, -0.2) is 0 Å². The zero-order valence-corrected chi connectivity index (χ0v) is 80.2. The number of benzene rings is 24. The fourth-order valence-corrected chi connectivity index (χ4v) is 25.9. The lowest BCUT2D eigenvalue weighted by Gasteiger charge is -2.29. The Balaban J connectivity index is 0.604. The highest BCUT2D eigenvalue weighted by molar-refractivity contribution is 7.28. The highest BCUT2D eigenvalue weighted by atomic mass is 32.1. The van der Waals surface area contributed by atoms with Crippen LogP contribution in [0.5, 0.6) is 0 Å². The Kier molecular flexibility index (Phi) is 19.0. The van der Waals surface area contributed by atoms with Crippen LogP contribution in [0.15, 0.2) is 515 Å². The molecule has 0 fully saturated rings. The van der Waals surface area contributed by atoms with Crippen molar-refractivity contribution in [2.24, 2.45) is 0 Å². The molecule has 0 amide bonds. The number of anilines is 12. The van der Waals surface area contributed by atoms with Crippen LogP contribution in [0.3, 0.4) is 0 Å². The van der Waals surface area contributed by atoms with E-state index in [4.69, 9.17) is 17.7 Å². The predicted octanol–water partition coefficient (Wildman–Crippen LogP) is 40.8. The lowest BCUT2D eigenvalue weighted by Crippen LogP contribution is -2.12. The first kappa shape index (κ1) is 83.0. The van der Waals surface area contributed by atoms with E-state index >= 15 is 0 Å². The first-order valence-electron chi connectivity index (χ1n) is 49.5. The molecule has 30 rings (SSSR count). The molecule has 0 N–H and O–H groups in total. The zero-order chi connectivity index (χ0) is 95.7. The summed E-state index contributed by atoms with van der Waals surface area (Å²) in [6.07, 6.45) is 0. The van der Waals surface area contributed by atoms with Gasteiger partial charge in [-0.05, 0) is 209 Å². The summed E-state index contributed by atoms with van der Waals surface area (Å²) in [5.74, 6) is 0. The summed E-state index contributed by atoms with van der Waals surface area (Å²) in [6, 6.07) is 181. The highest BCUT2D eigenvalue weighted by Crippen LogP contribution is 2.61. The van der Waals surface area contributed by atoms with Gasteiger partial charge in [0, 0.05) is 87.1 Å². The molecule has 0 aliphatic heterocycles. The summed E-state index contributed by atoms with van der Waals surface area (Å²) in [7, 11) is 0. The molecule has 0 aliphatic carbocycles. The Morgan fingerprint density at radius 1 is 0.144 bits per heavy atom. The van der Waals surface area contributed by atoms with Crippen LogP contribution in [0.25, 0.3) is 227 Å². The van der Waals surface area contributed by atoms with Crippen LogP contribution in [0.4, 0.5) is 68.2 Å². The molecule has 24 aromatic carbocycles. The second kappa shape index (κ2) is 33.4. The molecule has 0 bridgehead atoms. The van der Waals surface area contributed by atoms with Gasteiger partial charge in [0.1, 0.15) is 22.3 Å². The molecule has 30 aromatic rings. The molecular weight excluding hydrogens is 1820 g/mol. The third-order valence-corrected chi connectivity index (χ3v) is 32.2. The van der Waals surface area contributed by atoms with E-state index in [0.29, 0.717) is 0 Å². The number of para-hydroxylation sites is 8. The summed E-state index contributed by atoms with van der Waals surface area (Å²) < 4.78 is 33.9. The minimum Gasteiger partial charge on any atom is -0.454 e. The van der Waals surface area contributed by atoms with Gasteiger partial charge in [-0.2, -0.15) is 0 Å². The lowest BCUT2D eigenvalue weighted by molar-refractivity contribution is 0.668. The Morgan fingerprint density at radius 2 is 0.390 bits per heavy atom. The average molecular weight is 1900 g/mol. The fourth-order valence-electron chi connectivity index (χ4n) is 23.2. The van der Waals surface area contributed by atoms with Crippen molar-refractivity contribution in [3.63, 3.8) is 0 Å². The van der Waals surface area contributed by atoms with E-state index in [-0.39, 0.29) is 0 Å². The van der Waals surface area contributed by atoms with Crippen molar-refractivity contribution >= 4 is 262 Å². The SMILES string of the molecule is c1ccc(-c2cccc(N(c3cccc4c3oc3ccccc34)c3cc4ccccc4c4c3sc3c(N(c5cccc(-c6ccccc6)c5)c5cccc6c5oc5ccc(-c7ccc8oc9c(N(c%10ccccc%10-c%10ccccc%10)c%10cc%11ccccc%11c%11c%10sc%10c(N(c%12ccccc%12-c%12ccccc%12)c%12cccc%13c%12oc%12ccccc%12%13)cc%12ccccc%12c%10%11)cccc9c8c7)cc56)cc5ccccc5c34)c2)cc1. The van der Waals surface area contributed by atoms with E-state index in [9.17, 15) is 0 Å². The van der Waals surface area contributed by atoms with Gasteiger partial charge in [0.15, 0.2) is 22.3 Å². The van der Waals surface area contributed by atoms with Crippen LogP contribution in [-0.4, -0.2) is 0 Å². The van der Waals surface area contributed by atoms with E-state index in [1.807, 2.05) is 22.7 Å². The zero-order valence-electron chi connectivity index (χ0n) is 78.6. The third-order valence-electron chi connectivity index (χ3n) is 29.7. The molecular formula is C136H82N4O4S2. The monoisotopic (exact) mass is 1900 g/mol. The average Bonchev–Trinajstić information content (AvgIpc) is 1.54. The summed E-state index contributed by atoms with van der Waals surface area (Å²) in [4.78, 5) is 9.92. The van der Waals surface area contributed by atoms with Crippen molar-refractivity contribution in [2.75, 3.05) is 19.6 Å². The van der Waals surface area contributed by atoms with Gasteiger partial charge in [-0.3, -0.25) is 0 Å². The number of hydrogen-bond donors (Lipinski definition) is 0. The van der Waals surface area contributed by atoms with Crippen molar-refractivity contribution < 1.29 is 17.7 Å². The maximum Gasteiger partial charge on any atom is 0.159 e. The number of hydrogen-bond acceptors (Lipinski definition) is 10. The number of nitrogens with zero attached hydrogens (tertiary/aromatic N) is 4. The maximum absolute atomic E-state index is 7.57. The van der Waals surface area contributed by atoms with Gasteiger partial charge >= 0.3 is 0 Å². The fraction of sp³-hybridized carbons (Fsp3) is 0. The van der Waals surface area contributed by atoms with Gasteiger partial charge in [-0.15, -0.1) is 22.7 Å². The minimum atomic E-state index is 0.762. The molecule has 8 nitrogen and oxygen atoms in total. The van der Waals surface area contributed by atoms with E-state index in [0.717, 1.165) is 268 Å². The molecule has 0 saturated carbocycles. The molecule has 0 unspecified atom stereocenters. The summed E-state index contributed by atoms with van der Waals surface area (Å²) >= 11 is 3.70. The van der Waals surface area contributed by atoms with E-state index in [2.05, 4.69) is 517 Å². The second-order valence-electron chi connectivity index (χ2n) is 37.9. The van der Waals surface area contributed by atoms with Gasteiger partial charge < -0.3 is 37.3 Å². The number of furan rings is 4. The van der Waals surface area contributed by atoms with E-state index < -0.39 is 0 Å². The summed E-state index contributed by atoms with van der Waals surface area (Å²) in [6.45, 7) is 0. The standard InChI is InChI=1S/C136H82N4O4S2/c1-5-35-83(36-6-1)87-47-29-49-95(75-87)137(113-65-31-59-105-103-57-23-27-69-121(103)141-129(105)113)117-79-91-43-13-17-53-99(91)125-126-100-54-18-14-44-92(100)80-118(134(126)145-133(117)125)138(96-50-30-48-88(76-96)84-37-7-2-8-38-84)114-66-33-61-107-109-77-89(71-73-123(109)143-131(107)114)90-72-74-124-110(78-90)108-62-34-68-116(132(108)144-124)140(112-64-26-22-52-98(112)86-41-11-4-12-42-86)120-82-94-46-16-20-56-102(94)128-127-101-55-19-15-45-93(101)81-119(135(127)146-136(120)128)139(111-63-25-21-51-97(111)85-39-9-3-10-40-85)115-67-32-60-106-104-58-24-28-70-122(104)142-130(106)115/h1-82H. The minimum absolute atomic E-state index is 0.762. The molecule has 682 valence electrons. The van der Waals surface area contributed by atoms with Crippen LogP contribution < -0.4 is 19.6 Å². The van der Waals surface area contributed by atoms with Gasteiger partial charge in [-0.1, -0.05) is 376 Å². The Bertz CT molecular complexity index is 10600. The number of rotatable bonds is 17. The number of thiophene rings is 2. The molecule has 0 aliphatic rings. The van der Waals surface area contributed by atoms with Crippen LogP contribution in [0.2, 0.25) is 0 Å². The van der Waals surface area contributed by atoms with E-state index in [1.54, 1.807) is 0 Å². The Hall–Kier alpha value is -18.8. The molecule has 0 saturated heterocycles. The van der Waals surface area contributed by atoms with Crippen LogP contribution >= 0.6 is 22.7 Å². The predicted molar refractivity (Wildman–Crippen MR) is 617 cm³/mol. The van der Waals surface area contributed by atoms with Crippen molar-refractivity contribution in [1.29, 1.82) is 0 Å². The van der Waals surface area contributed by atoms with E-state index in [1.165, 1.54) is 26.9 Å². The topological polar surface area (TPSA) is 65.5 Å². The van der Waals surface area contributed by atoms with Crippen molar-refractivity contribution in [2.45, 2.75) is 0 Å². The summed E-state index contributed by atoms with van der Waals surface area (Å²) in [5.41, 5.74) is 29.1. The van der Waals surface area contributed by atoms with Crippen LogP contribution in [0.1, 0.15) is 0 Å². The molecule has 6 heterocycles. The number of fused-ring (bicyclic) bond motifs is 26. The molecule has 146 heavy (non-hydrogen) atoms. The van der Waals surface area contributed by atoms with Crippen molar-refractivity contribution in [1.82, 2.24) is 0 Å².